The van der Waals surface area contributed by atoms with Crippen LogP contribution in [0.3, 0.4) is 0 Å². The number of benzene rings is 2. The topological polar surface area (TPSA) is 122 Å². The standard InChI is InChI=1S/C31H30ClN7O3/c1-19(20-3-5-21(6-4-20)29-33-11-2-12-34-29)36-27(40)18-39-17-23-8-7-22(15-25(23)30(39)41)28-26(32)16-35-31(38-28)37-24-9-13-42-14-10-24/h2-8,11-12,15-16,19,24H,9-10,13-14,17-18H2,1H3,(H,36,40)(H,35,37,38)/t19-/m1/s1. The van der Waals surface area contributed by atoms with Crippen LogP contribution in [-0.4, -0.2) is 62.5 Å². The zero-order valence-corrected chi connectivity index (χ0v) is 23.8. The second kappa shape index (κ2) is 12.2. The van der Waals surface area contributed by atoms with E-state index in [1.165, 1.54) is 0 Å². The van der Waals surface area contributed by atoms with Crippen molar-refractivity contribution in [3.05, 3.63) is 88.8 Å². The van der Waals surface area contributed by atoms with Crippen molar-refractivity contribution in [2.24, 2.45) is 0 Å². The molecule has 0 radical (unpaired) electrons. The normalized spacial score (nSPS) is 15.8. The van der Waals surface area contributed by atoms with E-state index in [0.29, 0.717) is 53.4 Å². The molecule has 0 unspecified atom stereocenters. The molecule has 1 atom stereocenters. The minimum absolute atomic E-state index is 0.0451. The molecule has 1 saturated heterocycles. The van der Waals surface area contributed by atoms with Crippen LogP contribution in [0.1, 0.15) is 47.3 Å². The van der Waals surface area contributed by atoms with Crippen molar-refractivity contribution in [3.63, 3.8) is 0 Å². The van der Waals surface area contributed by atoms with Gasteiger partial charge in [-0.1, -0.05) is 48.0 Å². The zero-order valence-electron chi connectivity index (χ0n) is 23.1. The fourth-order valence-corrected chi connectivity index (χ4v) is 5.41. The molecule has 11 heteroatoms. The number of ether oxygens (including phenoxy) is 1. The molecule has 2 aliphatic rings. The van der Waals surface area contributed by atoms with Gasteiger partial charge in [-0.2, -0.15) is 0 Å². The average Bonchev–Trinajstić information content (AvgIpc) is 3.33. The second-order valence-electron chi connectivity index (χ2n) is 10.4. The van der Waals surface area contributed by atoms with Crippen LogP contribution in [0.5, 0.6) is 0 Å². The van der Waals surface area contributed by atoms with Crippen LogP contribution in [0.15, 0.2) is 67.1 Å². The molecule has 1 fully saturated rings. The minimum atomic E-state index is -0.237. The molecule has 4 aromatic rings. The number of amides is 2. The summed E-state index contributed by atoms with van der Waals surface area (Å²) < 4.78 is 5.43. The Bertz CT molecular complexity index is 1590. The maximum atomic E-state index is 13.3. The molecule has 214 valence electrons. The Morgan fingerprint density at radius 1 is 1.07 bits per heavy atom. The van der Waals surface area contributed by atoms with E-state index in [1.807, 2.05) is 43.3 Å². The number of nitrogens with zero attached hydrogens (tertiary/aromatic N) is 5. The van der Waals surface area contributed by atoms with Gasteiger partial charge in [0, 0.05) is 54.9 Å². The van der Waals surface area contributed by atoms with Gasteiger partial charge < -0.3 is 20.3 Å². The predicted molar refractivity (Wildman–Crippen MR) is 159 cm³/mol. The van der Waals surface area contributed by atoms with Crippen LogP contribution in [0.2, 0.25) is 5.02 Å². The van der Waals surface area contributed by atoms with Gasteiger partial charge in [0.25, 0.3) is 5.91 Å². The molecule has 0 spiro atoms. The van der Waals surface area contributed by atoms with Gasteiger partial charge in [0.15, 0.2) is 5.82 Å². The first-order valence-electron chi connectivity index (χ1n) is 13.9. The molecule has 0 bridgehead atoms. The van der Waals surface area contributed by atoms with E-state index >= 15 is 0 Å². The van der Waals surface area contributed by atoms with E-state index in [4.69, 9.17) is 16.3 Å². The van der Waals surface area contributed by atoms with Crippen LogP contribution in [0.4, 0.5) is 5.95 Å². The Kier molecular flexibility index (Phi) is 8.07. The maximum absolute atomic E-state index is 13.3. The van der Waals surface area contributed by atoms with Gasteiger partial charge >= 0.3 is 0 Å². The second-order valence-corrected chi connectivity index (χ2v) is 10.8. The summed E-state index contributed by atoms with van der Waals surface area (Å²) in [5.74, 6) is 0.697. The number of hydrogen-bond donors (Lipinski definition) is 2. The molecule has 4 heterocycles. The molecule has 2 aromatic heterocycles. The number of fused-ring (bicyclic) bond motifs is 1. The largest absolute Gasteiger partial charge is 0.381 e. The number of carbonyl (C=O) groups is 2. The summed E-state index contributed by atoms with van der Waals surface area (Å²) in [6.45, 7) is 3.63. The highest BCUT2D eigenvalue weighted by Gasteiger charge is 2.30. The van der Waals surface area contributed by atoms with Crippen LogP contribution in [0, 0.1) is 0 Å². The lowest BCUT2D eigenvalue weighted by Gasteiger charge is -2.23. The summed E-state index contributed by atoms with van der Waals surface area (Å²) in [6.07, 6.45) is 6.73. The van der Waals surface area contributed by atoms with Crippen LogP contribution < -0.4 is 10.6 Å². The number of anilines is 1. The lowest BCUT2D eigenvalue weighted by Crippen LogP contribution is -2.38. The van der Waals surface area contributed by atoms with E-state index in [-0.39, 0.29) is 30.4 Å². The summed E-state index contributed by atoms with van der Waals surface area (Å²) >= 11 is 6.47. The highest BCUT2D eigenvalue weighted by molar-refractivity contribution is 6.33. The van der Waals surface area contributed by atoms with Gasteiger partial charge in [0.1, 0.15) is 6.54 Å². The molecule has 2 N–H and O–H groups in total. The first kappa shape index (κ1) is 27.7. The van der Waals surface area contributed by atoms with Crippen molar-refractivity contribution >= 4 is 29.4 Å². The number of rotatable bonds is 8. The van der Waals surface area contributed by atoms with Gasteiger partial charge in [-0.25, -0.2) is 19.9 Å². The highest BCUT2D eigenvalue weighted by Crippen LogP contribution is 2.32. The third-order valence-corrected chi connectivity index (χ3v) is 7.78. The molecule has 2 aromatic carbocycles. The van der Waals surface area contributed by atoms with Crippen LogP contribution in [-0.2, 0) is 16.1 Å². The maximum Gasteiger partial charge on any atom is 0.254 e. The van der Waals surface area contributed by atoms with Gasteiger partial charge in [-0.3, -0.25) is 9.59 Å². The smallest absolute Gasteiger partial charge is 0.254 e. The molecular formula is C31H30ClN7O3. The predicted octanol–water partition coefficient (Wildman–Crippen LogP) is 4.68. The SMILES string of the molecule is C[C@@H](NC(=O)CN1Cc2ccc(-c3nc(NC4CCOCC4)ncc3Cl)cc2C1=O)c1ccc(-c2ncccn2)cc1. The quantitative estimate of drug-likeness (QED) is 0.307. The summed E-state index contributed by atoms with van der Waals surface area (Å²) in [7, 11) is 0. The van der Waals surface area contributed by atoms with E-state index in [0.717, 1.165) is 29.5 Å². The molecule has 6 rings (SSSR count). The Hall–Kier alpha value is -4.41. The molecule has 2 aliphatic heterocycles. The minimum Gasteiger partial charge on any atom is -0.381 e. The van der Waals surface area contributed by atoms with Gasteiger partial charge in [0.2, 0.25) is 11.9 Å². The molecule has 0 aliphatic carbocycles. The van der Waals surface area contributed by atoms with Crippen LogP contribution >= 0.6 is 11.6 Å². The fourth-order valence-electron chi connectivity index (χ4n) is 5.21. The molecule has 42 heavy (non-hydrogen) atoms. The summed E-state index contributed by atoms with van der Waals surface area (Å²) in [6, 6.07) is 15.1. The molecule has 0 saturated carbocycles. The number of nitrogens with one attached hydrogen (secondary N) is 2. The monoisotopic (exact) mass is 583 g/mol. The number of carbonyl (C=O) groups excluding carboxylic acids is 2. The van der Waals surface area contributed by atoms with Gasteiger partial charge in [-0.15, -0.1) is 0 Å². The van der Waals surface area contributed by atoms with E-state index < -0.39 is 0 Å². The zero-order chi connectivity index (χ0) is 29.1. The third kappa shape index (κ3) is 6.09. The van der Waals surface area contributed by atoms with Gasteiger partial charge in [-0.05, 0) is 43.0 Å². The highest BCUT2D eigenvalue weighted by atomic mass is 35.5. The average molecular weight is 584 g/mol. The van der Waals surface area contributed by atoms with Crippen molar-refractivity contribution < 1.29 is 14.3 Å². The summed E-state index contributed by atoms with van der Waals surface area (Å²) in [4.78, 5) is 45.3. The molecule has 10 nitrogen and oxygen atoms in total. The Labute approximate surface area is 248 Å². The Morgan fingerprint density at radius 3 is 2.57 bits per heavy atom. The number of aromatic nitrogens is 4. The van der Waals surface area contributed by atoms with E-state index in [9.17, 15) is 9.59 Å². The van der Waals surface area contributed by atoms with E-state index in [2.05, 4.69) is 30.6 Å². The number of halogens is 1. The molecule has 2 amide bonds. The lowest BCUT2D eigenvalue weighted by molar-refractivity contribution is -0.122. The first-order valence-corrected chi connectivity index (χ1v) is 14.3. The Morgan fingerprint density at radius 2 is 1.81 bits per heavy atom. The van der Waals surface area contributed by atoms with E-state index in [1.54, 1.807) is 35.6 Å². The van der Waals surface area contributed by atoms with Crippen LogP contribution in [0.25, 0.3) is 22.6 Å². The Balaban J connectivity index is 1.09. The van der Waals surface area contributed by atoms with Gasteiger partial charge in [0.05, 0.1) is 23.0 Å². The fraction of sp³-hybridized carbons (Fsp3) is 0.290. The van der Waals surface area contributed by atoms with Crippen molar-refractivity contribution in [2.45, 2.75) is 38.4 Å². The number of hydrogen-bond acceptors (Lipinski definition) is 8. The van der Waals surface area contributed by atoms with Crippen molar-refractivity contribution in [3.8, 4) is 22.6 Å². The van der Waals surface area contributed by atoms with Crippen molar-refractivity contribution in [1.29, 1.82) is 0 Å². The first-order chi connectivity index (χ1) is 20.4. The molecular weight excluding hydrogens is 554 g/mol. The van der Waals surface area contributed by atoms with Crippen molar-refractivity contribution in [2.75, 3.05) is 25.1 Å². The third-order valence-electron chi connectivity index (χ3n) is 7.51. The summed E-state index contributed by atoms with van der Waals surface area (Å²) in [5, 5.41) is 6.76. The van der Waals surface area contributed by atoms with Crippen molar-refractivity contribution in [1.82, 2.24) is 30.2 Å². The summed E-state index contributed by atoms with van der Waals surface area (Å²) in [5.41, 5.74) is 4.50. The lowest BCUT2D eigenvalue weighted by atomic mass is 10.0.